The Morgan fingerprint density at radius 1 is 1.33 bits per heavy atom. The molecule has 3 aromatic rings. The van der Waals surface area contributed by atoms with E-state index in [1.807, 2.05) is 6.07 Å². The molecule has 0 aliphatic heterocycles. The van der Waals surface area contributed by atoms with E-state index in [4.69, 9.17) is 23.8 Å². The van der Waals surface area contributed by atoms with Crippen molar-refractivity contribution in [3.8, 4) is 5.69 Å². The van der Waals surface area contributed by atoms with Crippen LogP contribution in [0.2, 0.25) is 5.02 Å². The molecule has 18 heavy (non-hydrogen) atoms. The average molecular weight is 280 g/mol. The number of benzene rings is 1. The summed E-state index contributed by atoms with van der Waals surface area (Å²) in [5, 5.41) is 0.0674. The van der Waals surface area contributed by atoms with E-state index in [-0.39, 0.29) is 5.02 Å². The van der Waals surface area contributed by atoms with Crippen LogP contribution in [0.5, 0.6) is 0 Å². The predicted octanol–water partition coefficient (Wildman–Crippen LogP) is 3.88. The smallest absolute Gasteiger partial charge is 0.182 e. The normalized spacial score (nSPS) is 11.0. The molecule has 3 nitrogen and oxygen atoms in total. The van der Waals surface area contributed by atoms with E-state index >= 15 is 0 Å². The molecule has 1 N–H and O–H groups in total. The average Bonchev–Trinajstić information content (AvgIpc) is 2.69. The standard InChI is InChI=1S/C12H7ClFN3S/c13-8-5-7(1-2-9(8)14)17-11-3-4-15-6-10(11)16-12(17)18/h1-6H,(H,16,18). The Labute approximate surface area is 112 Å². The first-order valence-corrected chi connectivity index (χ1v) is 5.95. The van der Waals surface area contributed by atoms with Crippen LogP contribution in [-0.4, -0.2) is 14.5 Å². The number of pyridine rings is 1. The van der Waals surface area contributed by atoms with Gasteiger partial charge in [0.1, 0.15) is 5.82 Å². The fourth-order valence-electron chi connectivity index (χ4n) is 1.84. The van der Waals surface area contributed by atoms with Gasteiger partial charge >= 0.3 is 0 Å². The SMILES string of the molecule is Fc1ccc(-n2c(=S)[nH]c3cnccc32)cc1Cl. The highest BCUT2D eigenvalue weighted by Gasteiger charge is 2.08. The number of nitrogens with one attached hydrogen (secondary N) is 1. The van der Waals surface area contributed by atoms with Crippen molar-refractivity contribution in [3.05, 3.63) is 52.3 Å². The van der Waals surface area contributed by atoms with Crippen LogP contribution in [0.25, 0.3) is 16.7 Å². The number of rotatable bonds is 1. The van der Waals surface area contributed by atoms with Crippen LogP contribution in [0.4, 0.5) is 4.39 Å². The summed E-state index contributed by atoms with van der Waals surface area (Å²) in [6.07, 6.45) is 3.36. The van der Waals surface area contributed by atoms with Crippen molar-refractivity contribution in [1.29, 1.82) is 0 Å². The molecule has 0 saturated carbocycles. The first-order valence-electron chi connectivity index (χ1n) is 5.17. The van der Waals surface area contributed by atoms with Gasteiger partial charge in [-0.3, -0.25) is 9.55 Å². The van der Waals surface area contributed by atoms with Crippen LogP contribution in [0.1, 0.15) is 0 Å². The van der Waals surface area contributed by atoms with Crippen molar-refractivity contribution in [1.82, 2.24) is 14.5 Å². The molecule has 0 atom stereocenters. The van der Waals surface area contributed by atoms with Gasteiger partial charge in [-0.1, -0.05) is 11.6 Å². The van der Waals surface area contributed by atoms with E-state index in [1.54, 1.807) is 29.1 Å². The maximum atomic E-state index is 13.2. The van der Waals surface area contributed by atoms with Crippen molar-refractivity contribution in [2.45, 2.75) is 0 Å². The van der Waals surface area contributed by atoms with Crippen molar-refractivity contribution < 1.29 is 4.39 Å². The largest absolute Gasteiger partial charge is 0.329 e. The van der Waals surface area contributed by atoms with Gasteiger partial charge in [0.2, 0.25) is 0 Å². The molecule has 6 heteroatoms. The molecule has 0 aliphatic carbocycles. The van der Waals surface area contributed by atoms with Crippen LogP contribution >= 0.6 is 23.8 Å². The minimum Gasteiger partial charge on any atom is -0.329 e. The Hall–Kier alpha value is -1.72. The summed E-state index contributed by atoms with van der Waals surface area (Å²) in [6.45, 7) is 0. The number of halogens is 2. The molecule has 0 unspecified atom stereocenters. The lowest BCUT2D eigenvalue weighted by molar-refractivity contribution is 0.628. The van der Waals surface area contributed by atoms with Crippen molar-refractivity contribution in [3.63, 3.8) is 0 Å². The quantitative estimate of drug-likeness (QED) is 0.686. The van der Waals surface area contributed by atoms with Crippen LogP contribution in [0.15, 0.2) is 36.7 Å². The molecule has 0 amide bonds. The first-order chi connectivity index (χ1) is 8.66. The van der Waals surface area contributed by atoms with Gasteiger partial charge in [0.05, 0.1) is 27.9 Å². The molecule has 2 aromatic heterocycles. The summed E-state index contributed by atoms with van der Waals surface area (Å²) in [6, 6.07) is 6.32. The Morgan fingerprint density at radius 3 is 2.94 bits per heavy atom. The van der Waals surface area contributed by atoms with E-state index < -0.39 is 5.82 Å². The molecule has 0 fully saturated rings. The monoisotopic (exact) mass is 279 g/mol. The summed E-state index contributed by atoms with van der Waals surface area (Å²) < 4.78 is 15.5. The molecular formula is C12H7ClFN3S. The Kier molecular flexibility index (Phi) is 2.65. The highest BCUT2D eigenvalue weighted by molar-refractivity contribution is 7.71. The minimum absolute atomic E-state index is 0.0674. The summed E-state index contributed by atoms with van der Waals surface area (Å²) in [4.78, 5) is 7.05. The fraction of sp³-hybridized carbons (Fsp3) is 0. The second-order valence-electron chi connectivity index (χ2n) is 3.76. The number of H-pyrrole nitrogens is 1. The van der Waals surface area contributed by atoms with E-state index in [9.17, 15) is 4.39 Å². The van der Waals surface area contributed by atoms with Crippen molar-refractivity contribution >= 4 is 34.9 Å². The fourth-order valence-corrected chi connectivity index (χ4v) is 2.33. The third kappa shape index (κ3) is 1.72. The van der Waals surface area contributed by atoms with Crippen LogP contribution in [0.3, 0.4) is 0 Å². The number of hydrogen-bond acceptors (Lipinski definition) is 2. The number of aromatic nitrogens is 3. The zero-order valence-electron chi connectivity index (χ0n) is 9.02. The second kappa shape index (κ2) is 4.19. The lowest BCUT2D eigenvalue weighted by Crippen LogP contribution is -1.94. The zero-order valence-corrected chi connectivity index (χ0v) is 10.6. The first kappa shape index (κ1) is 11.4. The Morgan fingerprint density at radius 2 is 2.17 bits per heavy atom. The number of hydrogen-bond donors (Lipinski definition) is 1. The molecule has 0 bridgehead atoms. The molecule has 0 saturated heterocycles. The number of aromatic amines is 1. The van der Waals surface area contributed by atoms with E-state index in [1.165, 1.54) is 6.07 Å². The van der Waals surface area contributed by atoms with Gasteiger partial charge in [0, 0.05) is 6.20 Å². The lowest BCUT2D eigenvalue weighted by Gasteiger charge is -2.05. The molecule has 0 radical (unpaired) electrons. The number of nitrogens with zero attached hydrogens (tertiary/aromatic N) is 2. The molecule has 0 aliphatic rings. The maximum absolute atomic E-state index is 13.2. The Bertz CT molecular complexity index is 793. The molecule has 1 aromatic carbocycles. The highest BCUT2D eigenvalue weighted by Crippen LogP contribution is 2.23. The van der Waals surface area contributed by atoms with Gasteiger partial charge in [0.15, 0.2) is 4.77 Å². The molecule has 90 valence electrons. The van der Waals surface area contributed by atoms with Crippen molar-refractivity contribution in [2.24, 2.45) is 0 Å². The number of imidazole rings is 1. The Balaban J connectivity index is 2.34. The second-order valence-corrected chi connectivity index (χ2v) is 4.55. The van der Waals surface area contributed by atoms with Crippen molar-refractivity contribution in [2.75, 3.05) is 0 Å². The summed E-state index contributed by atoms with van der Waals surface area (Å²) >= 11 is 11.0. The number of fused-ring (bicyclic) bond motifs is 1. The van der Waals surface area contributed by atoms with E-state index in [2.05, 4.69) is 9.97 Å². The summed E-state index contributed by atoms with van der Waals surface area (Å²) in [7, 11) is 0. The summed E-state index contributed by atoms with van der Waals surface area (Å²) in [5.41, 5.74) is 2.41. The predicted molar refractivity (Wildman–Crippen MR) is 71.2 cm³/mol. The van der Waals surface area contributed by atoms with Gasteiger partial charge < -0.3 is 4.98 Å². The maximum Gasteiger partial charge on any atom is 0.182 e. The minimum atomic E-state index is -0.451. The van der Waals surface area contributed by atoms with Crippen LogP contribution in [-0.2, 0) is 0 Å². The van der Waals surface area contributed by atoms with Crippen LogP contribution in [0, 0.1) is 10.6 Å². The third-order valence-corrected chi connectivity index (χ3v) is 3.22. The lowest BCUT2D eigenvalue weighted by atomic mass is 10.3. The van der Waals surface area contributed by atoms with E-state index in [0.717, 1.165) is 11.0 Å². The highest BCUT2D eigenvalue weighted by atomic mass is 35.5. The van der Waals surface area contributed by atoms with Gasteiger partial charge in [-0.15, -0.1) is 0 Å². The zero-order chi connectivity index (χ0) is 12.7. The molecule has 3 rings (SSSR count). The van der Waals surface area contributed by atoms with Crippen LogP contribution < -0.4 is 0 Å². The molecule has 2 heterocycles. The van der Waals surface area contributed by atoms with Gasteiger partial charge in [0.25, 0.3) is 0 Å². The summed E-state index contributed by atoms with van der Waals surface area (Å²) in [5.74, 6) is -0.451. The van der Waals surface area contributed by atoms with Gasteiger partial charge in [-0.05, 0) is 36.5 Å². The van der Waals surface area contributed by atoms with Gasteiger partial charge in [-0.2, -0.15) is 0 Å². The van der Waals surface area contributed by atoms with Gasteiger partial charge in [-0.25, -0.2) is 4.39 Å². The topological polar surface area (TPSA) is 33.6 Å². The van der Waals surface area contributed by atoms with E-state index in [0.29, 0.717) is 10.5 Å². The third-order valence-electron chi connectivity index (χ3n) is 2.65. The molecule has 0 spiro atoms. The molecular weight excluding hydrogens is 273 g/mol.